The topological polar surface area (TPSA) is 78.1 Å². The summed E-state index contributed by atoms with van der Waals surface area (Å²) in [5, 5.41) is 3.87. The zero-order valence-electron chi connectivity index (χ0n) is 9.65. The average Bonchev–Trinajstić information content (AvgIpc) is 2.84. The van der Waals surface area contributed by atoms with Crippen molar-refractivity contribution in [1.82, 2.24) is 10.1 Å². The quantitative estimate of drug-likeness (QED) is 0.858. The Labute approximate surface area is 93.6 Å². The molecule has 5 heteroatoms. The van der Waals surface area contributed by atoms with Gasteiger partial charge in [0.25, 0.3) is 5.89 Å². The molecule has 2 rings (SSSR count). The Hall–Kier alpha value is -1.62. The van der Waals surface area contributed by atoms with Gasteiger partial charge in [-0.05, 0) is 19.9 Å². The lowest BCUT2D eigenvalue weighted by atomic mass is 10.1. The van der Waals surface area contributed by atoms with Gasteiger partial charge in [-0.1, -0.05) is 12.1 Å². The van der Waals surface area contributed by atoms with Crippen LogP contribution in [0.25, 0.3) is 11.5 Å². The number of rotatable bonds is 3. The largest absolute Gasteiger partial charge is 0.469 e. The third kappa shape index (κ3) is 1.86. The molecule has 0 aromatic carbocycles. The summed E-state index contributed by atoms with van der Waals surface area (Å²) in [5.41, 5.74) is 6.12. The second-order valence-electron chi connectivity index (χ2n) is 4.26. The standard InChI is InChI=1S/C11H15N3O2/c1-4-8-7(5-6-15-8)9-13-10(14-16-9)11(2,3)12/h5-6H,4,12H2,1-3H3. The highest BCUT2D eigenvalue weighted by Gasteiger charge is 2.23. The summed E-state index contributed by atoms with van der Waals surface area (Å²) in [5.74, 6) is 1.79. The van der Waals surface area contributed by atoms with Crippen molar-refractivity contribution in [1.29, 1.82) is 0 Å². The number of aryl methyl sites for hydroxylation is 1. The number of nitrogens with zero attached hydrogens (tertiary/aromatic N) is 2. The molecule has 0 radical (unpaired) electrons. The second kappa shape index (κ2) is 3.75. The summed E-state index contributed by atoms with van der Waals surface area (Å²) in [6, 6.07) is 1.82. The summed E-state index contributed by atoms with van der Waals surface area (Å²) in [4.78, 5) is 4.27. The van der Waals surface area contributed by atoms with E-state index >= 15 is 0 Å². The van der Waals surface area contributed by atoms with Crippen LogP contribution in [-0.2, 0) is 12.0 Å². The molecule has 0 saturated heterocycles. The Kier molecular flexibility index (Phi) is 2.55. The van der Waals surface area contributed by atoms with E-state index in [1.54, 1.807) is 6.26 Å². The Bertz CT molecular complexity index is 479. The minimum Gasteiger partial charge on any atom is -0.469 e. The summed E-state index contributed by atoms with van der Waals surface area (Å²) in [6.07, 6.45) is 2.40. The van der Waals surface area contributed by atoms with E-state index in [0.29, 0.717) is 11.7 Å². The number of hydrogen-bond donors (Lipinski definition) is 1. The molecular formula is C11H15N3O2. The van der Waals surface area contributed by atoms with Gasteiger partial charge in [-0.15, -0.1) is 0 Å². The van der Waals surface area contributed by atoms with Crippen molar-refractivity contribution in [2.45, 2.75) is 32.7 Å². The van der Waals surface area contributed by atoms with Gasteiger partial charge in [0.15, 0.2) is 5.82 Å². The van der Waals surface area contributed by atoms with E-state index in [1.165, 1.54) is 0 Å². The molecule has 2 aromatic rings. The van der Waals surface area contributed by atoms with Crippen molar-refractivity contribution in [2.75, 3.05) is 0 Å². The molecule has 2 heterocycles. The monoisotopic (exact) mass is 221 g/mol. The fraction of sp³-hybridized carbons (Fsp3) is 0.455. The molecular weight excluding hydrogens is 206 g/mol. The highest BCUT2D eigenvalue weighted by molar-refractivity contribution is 5.55. The van der Waals surface area contributed by atoms with Crippen LogP contribution in [0.3, 0.4) is 0 Å². The number of nitrogens with two attached hydrogens (primary N) is 1. The molecule has 0 fully saturated rings. The first-order chi connectivity index (χ1) is 7.52. The van der Waals surface area contributed by atoms with Crippen LogP contribution in [0, 0.1) is 0 Å². The van der Waals surface area contributed by atoms with Crippen LogP contribution < -0.4 is 5.73 Å². The van der Waals surface area contributed by atoms with Gasteiger partial charge in [0.05, 0.1) is 17.4 Å². The molecule has 16 heavy (non-hydrogen) atoms. The van der Waals surface area contributed by atoms with Crippen LogP contribution in [0.2, 0.25) is 0 Å². The van der Waals surface area contributed by atoms with E-state index in [1.807, 2.05) is 26.8 Å². The first kappa shape index (κ1) is 10.9. The van der Waals surface area contributed by atoms with Gasteiger partial charge >= 0.3 is 0 Å². The molecule has 0 unspecified atom stereocenters. The van der Waals surface area contributed by atoms with Crippen LogP contribution in [0.1, 0.15) is 32.4 Å². The third-order valence-corrected chi connectivity index (χ3v) is 2.30. The number of aromatic nitrogens is 2. The number of furan rings is 1. The Morgan fingerprint density at radius 1 is 1.44 bits per heavy atom. The van der Waals surface area contributed by atoms with Crippen LogP contribution >= 0.6 is 0 Å². The Morgan fingerprint density at radius 2 is 2.19 bits per heavy atom. The maximum Gasteiger partial charge on any atom is 0.261 e. The van der Waals surface area contributed by atoms with Crippen molar-refractivity contribution in [2.24, 2.45) is 5.73 Å². The molecule has 0 bridgehead atoms. The first-order valence-electron chi connectivity index (χ1n) is 5.22. The van der Waals surface area contributed by atoms with Crippen LogP contribution in [0.15, 0.2) is 21.3 Å². The summed E-state index contributed by atoms with van der Waals surface area (Å²) < 4.78 is 10.5. The SMILES string of the molecule is CCc1occc1-c1nc(C(C)(C)N)no1. The molecule has 0 amide bonds. The van der Waals surface area contributed by atoms with Crippen molar-refractivity contribution in [3.05, 3.63) is 23.9 Å². The van der Waals surface area contributed by atoms with E-state index in [-0.39, 0.29) is 0 Å². The molecule has 0 aliphatic heterocycles. The van der Waals surface area contributed by atoms with Gasteiger partial charge in [0, 0.05) is 6.42 Å². The molecule has 0 aliphatic carbocycles. The van der Waals surface area contributed by atoms with Crippen LogP contribution in [0.4, 0.5) is 0 Å². The maximum atomic E-state index is 5.89. The fourth-order valence-electron chi connectivity index (χ4n) is 1.40. The predicted octanol–water partition coefficient (Wildman–Crippen LogP) is 2.09. The van der Waals surface area contributed by atoms with Gasteiger partial charge in [0.2, 0.25) is 0 Å². The Morgan fingerprint density at radius 3 is 2.75 bits per heavy atom. The lowest BCUT2D eigenvalue weighted by Crippen LogP contribution is -2.30. The van der Waals surface area contributed by atoms with Gasteiger partial charge < -0.3 is 14.7 Å². The Balaban J connectivity index is 2.39. The van der Waals surface area contributed by atoms with Crippen LogP contribution in [-0.4, -0.2) is 10.1 Å². The van der Waals surface area contributed by atoms with Crippen molar-refractivity contribution >= 4 is 0 Å². The van der Waals surface area contributed by atoms with Crippen molar-refractivity contribution in [3.63, 3.8) is 0 Å². The molecule has 86 valence electrons. The first-order valence-corrected chi connectivity index (χ1v) is 5.22. The highest BCUT2D eigenvalue weighted by Crippen LogP contribution is 2.25. The summed E-state index contributed by atoms with van der Waals surface area (Å²) in [6.45, 7) is 5.67. The molecule has 0 atom stereocenters. The minimum atomic E-state index is -0.599. The van der Waals surface area contributed by atoms with Gasteiger partial charge in [0.1, 0.15) is 5.76 Å². The van der Waals surface area contributed by atoms with Crippen molar-refractivity contribution < 1.29 is 8.94 Å². The smallest absolute Gasteiger partial charge is 0.261 e. The average molecular weight is 221 g/mol. The third-order valence-electron chi connectivity index (χ3n) is 2.30. The lowest BCUT2D eigenvalue weighted by molar-refractivity contribution is 0.396. The minimum absolute atomic E-state index is 0.458. The van der Waals surface area contributed by atoms with Crippen LogP contribution in [0.5, 0.6) is 0 Å². The van der Waals surface area contributed by atoms with E-state index < -0.39 is 5.54 Å². The van der Waals surface area contributed by atoms with E-state index in [2.05, 4.69) is 10.1 Å². The molecule has 0 spiro atoms. The van der Waals surface area contributed by atoms with E-state index in [4.69, 9.17) is 14.7 Å². The molecule has 5 nitrogen and oxygen atoms in total. The van der Waals surface area contributed by atoms with Crippen molar-refractivity contribution in [3.8, 4) is 11.5 Å². The van der Waals surface area contributed by atoms with Gasteiger partial charge in [-0.25, -0.2) is 0 Å². The zero-order chi connectivity index (χ0) is 11.8. The molecule has 2 N–H and O–H groups in total. The summed E-state index contributed by atoms with van der Waals surface area (Å²) in [7, 11) is 0. The molecule has 0 saturated carbocycles. The maximum absolute atomic E-state index is 5.89. The second-order valence-corrected chi connectivity index (χ2v) is 4.26. The van der Waals surface area contributed by atoms with E-state index in [9.17, 15) is 0 Å². The van der Waals surface area contributed by atoms with Gasteiger partial charge in [-0.3, -0.25) is 0 Å². The predicted molar refractivity (Wildman–Crippen MR) is 58.6 cm³/mol. The van der Waals surface area contributed by atoms with Gasteiger partial charge in [-0.2, -0.15) is 4.98 Å². The normalized spacial score (nSPS) is 12.0. The summed E-state index contributed by atoms with van der Waals surface area (Å²) >= 11 is 0. The molecule has 2 aromatic heterocycles. The zero-order valence-corrected chi connectivity index (χ0v) is 9.65. The molecule has 0 aliphatic rings. The van der Waals surface area contributed by atoms with E-state index in [0.717, 1.165) is 17.7 Å². The highest BCUT2D eigenvalue weighted by atomic mass is 16.5. The number of hydrogen-bond acceptors (Lipinski definition) is 5. The fourth-order valence-corrected chi connectivity index (χ4v) is 1.40. The lowest BCUT2D eigenvalue weighted by Gasteiger charge is -2.11.